The highest BCUT2D eigenvalue weighted by atomic mass is 79.9. The van der Waals surface area contributed by atoms with E-state index in [1.807, 2.05) is 0 Å². The summed E-state index contributed by atoms with van der Waals surface area (Å²) in [6.07, 6.45) is 0.162. The molecule has 5 nitrogen and oxygen atoms in total. The number of carboxylic acid groups (broad SMARTS) is 1. The molecule has 17 heavy (non-hydrogen) atoms. The minimum atomic E-state index is -0.921. The maximum atomic E-state index is 10.5. The highest BCUT2D eigenvalue weighted by Crippen LogP contribution is 2.43. The average molecular weight is 305 g/mol. The molecule has 0 aliphatic carbocycles. The van der Waals surface area contributed by atoms with Crippen molar-refractivity contribution in [1.82, 2.24) is 0 Å². The van der Waals surface area contributed by atoms with Crippen molar-refractivity contribution < 1.29 is 24.5 Å². The summed E-state index contributed by atoms with van der Waals surface area (Å²) in [6, 6.07) is 1.57. The summed E-state index contributed by atoms with van der Waals surface area (Å²) in [5.41, 5.74) is 0.497. The molecule has 0 amide bonds. The third-order valence-electron chi connectivity index (χ3n) is 2.27. The summed E-state index contributed by atoms with van der Waals surface area (Å²) in [4.78, 5) is 10.5. The monoisotopic (exact) mass is 304 g/mol. The summed E-state index contributed by atoms with van der Waals surface area (Å²) in [6.45, 7) is 0. The first-order valence-electron chi connectivity index (χ1n) is 4.85. The number of methoxy groups -OCH3 is 2. The van der Waals surface area contributed by atoms with E-state index in [2.05, 4.69) is 15.9 Å². The lowest BCUT2D eigenvalue weighted by atomic mass is 10.1. The smallest absolute Gasteiger partial charge is 0.303 e. The molecule has 0 saturated carbocycles. The van der Waals surface area contributed by atoms with Crippen LogP contribution in [0.4, 0.5) is 0 Å². The van der Waals surface area contributed by atoms with Gasteiger partial charge < -0.3 is 19.7 Å². The second kappa shape index (κ2) is 5.77. The average Bonchev–Trinajstić information content (AvgIpc) is 2.30. The van der Waals surface area contributed by atoms with Crippen molar-refractivity contribution in [3.63, 3.8) is 0 Å². The number of aromatic hydroxyl groups is 1. The van der Waals surface area contributed by atoms with E-state index in [9.17, 15) is 9.90 Å². The SMILES string of the molecule is COc1cc(CCC(=O)O)c(O)c(Br)c1OC. The van der Waals surface area contributed by atoms with Crippen LogP contribution in [-0.2, 0) is 11.2 Å². The first-order valence-corrected chi connectivity index (χ1v) is 5.64. The Kier molecular flexibility index (Phi) is 4.62. The van der Waals surface area contributed by atoms with Gasteiger partial charge in [0.15, 0.2) is 11.5 Å². The summed E-state index contributed by atoms with van der Waals surface area (Å²) in [5, 5.41) is 18.5. The molecule has 6 heteroatoms. The molecular formula is C11H13BrO5. The molecule has 1 rings (SSSR count). The van der Waals surface area contributed by atoms with Gasteiger partial charge >= 0.3 is 5.97 Å². The Morgan fingerprint density at radius 2 is 2.06 bits per heavy atom. The molecule has 0 aliphatic rings. The fraction of sp³-hybridized carbons (Fsp3) is 0.364. The molecule has 0 spiro atoms. The number of rotatable bonds is 5. The van der Waals surface area contributed by atoms with Crippen molar-refractivity contribution in [3.8, 4) is 17.2 Å². The number of aryl methyl sites for hydroxylation is 1. The number of ether oxygens (including phenoxy) is 2. The van der Waals surface area contributed by atoms with Gasteiger partial charge in [0.25, 0.3) is 0 Å². The van der Waals surface area contributed by atoms with Crippen molar-refractivity contribution in [1.29, 1.82) is 0 Å². The number of phenolic OH excluding ortho intramolecular Hbond substituents is 1. The standard InChI is InChI=1S/C11H13BrO5/c1-16-7-5-6(3-4-8(13)14)10(15)9(12)11(7)17-2/h5,15H,3-4H2,1-2H3,(H,13,14). The quantitative estimate of drug-likeness (QED) is 0.872. The largest absolute Gasteiger partial charge is 0.506 e. The second-order valence-electron chi connectivity index (χ2n) is 3.33. The molecule has 2 N–H and O–H groups in total. The van der Waals surface area contributed by atoms with Crippen LogP contribution in [0.15, 0.2) is 10.5 Å². The van der Waals surface area contributed by atoms with E-state index in [1.165, 1.54) is 14.2 Å². The van der Waals surface area contributed by atoms with E-state index in [0.29, 0.717) is 21.5 Å². The van der Waals surface area contributed by atoms with Crippen LogP contribution >= 0.6 is 15.9 Å². The highest BCUT2D eigenvalue weighted by Gasteiger charge is 2.17. The Hall–Kier alpha value is -1.43. The van der Waals surface area contributed by atoms with Crippen LogP contribution in [0.2, 0.25) is 0 Å². The van der Waals surface area contributed by atoms with Gasteiger partial charge in [-0.1, -0.05) is 0 Å². The van der Waals surface area contributed by atoms with Crippen LogP contribution < -0.4 is 9.47 Å². The molecule has 0 unspecified atom stereocenters. The summed E-state index contributed by atoms with van der Waals surface area (Å²) < 4.78 is 10.5. The number of carbonyl (C=O) groups is 1. The van der Waals surface area contributed by atoms with E-state index in [1.54, 1.807) is 6.07 Å². The lowest BCUT2D eigenvalue weighted by Crippen LogP contribution is -2.00. The van der Waals surface area contributed by atoms with Crippen molar-refractivity contribution in [2.24, 2.45) is 0 Å². The minimum absolute atomic E-state index is 0.0242. The minimum Gasteiger partial charge on any atom is -0.506 e. The molecule has 0 fully saturated rings. The third-order valence-corrected chi connectivity index (χ3v) is 3.01. The second-order valence-corrected chi connectivity index (χ2v) is 4.12. The van der Waals surface area contributed by atoms with Crippen molar-refractivity contribution in [3.05, 3.63) is 16.1 Å². The van der Waals surface area contributed by atoms with E-state index in [0.717, 1.165) is 0 Å². The van der Waals surface area contributed by atoms with Crippen molar-refractivity contribution in [2.45, 2.75) is 12.8 Å². The van der Waals surface area contributed by atoms with E-state index < -0.39 is 5.97 Å². The maximum Gasteiger partial charge on any atom is 0.303 e. The van der Waals surface area contributed by atoms with Gasteiger partial charge in [-0.2, -0.15) is 0 Å². The molecule has 1 aromatic carbocycles. The van der Waals surface area contributed by atoms with Gasteiger partial charge in [0.1, 0.15) is 10.2 Å². The van der Waals surface area contributed by atoms with Gasteiger partial charge in [-0.25, -0.2) is 0 Å². The lowest BCUT2D eigenvalue weighted by Gasteiger charge is -2.13. The van der Waals surface area contributed by atoms with Gasteiger partial charge in [-0.15, -0.1) is 0 Å². The Balaban J connectivity index is 3.15. The summed E-state index contributed by atoms with van der Waals surface area (Å²) >= 11 is 3.19. The van der Waals surface area contributed by atoms with Gasteiger partial charge in [-0.05, 0) is 34.0 Å². The highest BCUT2D eigenvalue weighted by molar-refractivity contribution is 9.10. The summed E-state index contributed by atoms with van der Waals surface area (Å²) in [7, 11) is 2.93. The number of benzene rings is 1. The molecule has 0 saturated heterocycles. The van der Waals surface area contributed by atoms with E-state index in [-0.39, 0.29) is 18.6 Å². The molecule has 0 aliphatic heterocycles. The van der Waals surface area contributed by atoms with E-state index in [4.69, 9.17) is 14.6 Å². The lowest BCUT2D eigenvalue weighted by molar-refractivity contribution is -0.136. The fourth-order valence-electron chi connectivity index (χ4n) is 1.42. The van der Waals surface area contributed by atoms with Gasteiger partial charge in [0.05, 0.1) is 14.2 Å². The van der Waals surface area contributed by atoms with Gasteiger partial charge in [0.2, 0.25) is 0 Å². The zero-order valence-corrected chi connectivity index (χ0v) is 11.1. The first kappa shape index (κ1) is 13.6. The van der Waals surface area contributed by atoms with Crippen molar-refractivity contribution >= 4 is 21.9 Å². The van der Waals surface area contributed by atoms with Crippen LogP contribution in [0.5, 0.6) is 17.2 Å². The van der Waals surface area contributed by atoms with Gasteiger partial charge in [0, 0.05) is 6.42 Å². The Labute approximate surface area is 107 Å². The fourth-order valence-corrected chi connectivity index (χ4v) is 2.03. The van der Waals surface area contributed by atoms with Gasteiger partial charge in [-0.3, -0.25) is 4.79 Å². The molecule has 0 atom stereocenters. The van der Waals surface area contributed by atoms with Crippen LogP contribution in [-0.4, -0.2) is 30.4 Å². The zero-order valence-electron chi connectivity index (χ0n) is 9.49. The molecule has 1 aromatic rings. The van der Waals surface area contributed by atoms with Crippen LogP contribution in [0.25, 0.3) is 0 Å². The zero-order chi connectivity index (χ0) is 13.0. The van der Waals surface area contributed by atoms with E-state index >= 15 is 0 Å². The van der Waals surface area contributed by atoms with Crippen LogP contribution in [0.1, 0.15) is 12.0 Å². The third kappa shape index (κ3) is 3.03. The molecule has 0 aromatic heterocycles. The van der Waals surface area contributed by atoms with Crippen molar-refractivity contribution in [2.75, 3.05) is 14.2 Å². The number of carboxylic acids is 1. The molecule has 0 bridgehead atoms. The number of phenols is 1. The molecular weight excluding hydrogens is 292 g/mol. The molecule has 0 radical (unpaired) electrons. The normalized spacial score (nSPS) is 10.1. The maximum absolute atomic E-state index is 10.5. The number of aliphatic carboxylic acids is 1. The Morgan fingerprint density at radius 1 is 1.41 bits per heavy atom. The number of hydrogen-bond donors (Lipinski definition) is 2. The predicted octanol–water partition coefficient (Wildman–Crippen LogP) is 2.19. The number of halogens is 1. The Bertz CT molecular complexity index is 430. The number of hydrogen-bond acceptors (Lipinski definition) is 4. The molecule has 94 valence electrons. The van der Waals surface area contributed by atoms with Crippen LogP contribution in [0.3, 0.4) is 0 Å². The Morgan fingerprint density at radius 3 is 2.53 bits per heavy atom. The van der Waals surface area contributed by atoms with Crippen LogP contribution in [0, 0.1) is 0 Å². The topological polar surface area (TPSA) is 76.0 Å². The predicted molar refractivity (Wildman–Crippen MR) is 64.9 cm³/mol. The summed E-state index contributed by atoms with van der Waals surface area (Å²) in [5.74, 6) is -0.124. The first-order chi connectivity index (χ1) is 8.01. The molecule has 0 heterocycles.